The van der Waals surface area contributed by atoms with Crippen LogP contribution in [0.4, 0.5) is 14.7 Å². The number of aromatic nitrogens is 3. The number of rotatable bonds is 6. The largest absolute Gasteiger partial charge is 0.487 e. The quantitative estimate of drug-likeness (QED) is 0.620. The highest BCUT2D eigenvalue weighted by atomic mass is 79.9. The van der Waals surface area contributed by atoms with Crippen LogP contribution in [0.5, 0.6) is 5.75 Å². The maximum absolute atomic E-state index is 13.8. The van der Waals surface area contributed by atoms with Crippen LogP contribution in [-0.4, -0.2) is 21.6 Å². The van der Waals surface area contributed by atoms with E-state index in [0.717, 1.165) is 17.7 Å². The highest BCUT2D eigenvalue weighted by Gasteiger charge is 2.14. The van der Waals surface area contributed by atoms with Crippen LogP contribution < -0.4 is 15.6 Å². The summed E-state index contributed by atoms with van der Waals surface area (Å²) >= 11 is 3.25. The second-order valence-corrected chi connectivity index (χ2v) is 6.84. The predicted molar refractivity (Wildman–Crippen MR) is 105 cm³/mol. The van der Waals surface area contributed by atoms with Crippen LogP contribution in [0.3, 0.4) is 0 Å². The summed E-state index contributed by atoms with van der Waals surface area (Å²) in [6, 6.07) is 4.93. The lowest BCUT2D eigenvalue weighted by molar-refractivity contribution is 0.295. The standard InChI is InChI=1S/C19H17BrF2N4O2/c1-11-5-16(28-10-13-3-4-14(21)6-15(13)22)17(20)18(27)26(11)9-12-7-24-19(23-2)25-8-12/h3-8H,9-10H2,1-2H3,(H,23,24,25). The predicted octanol–water partition coefficient (Wildman–Crippen LogP) is 3.66. The molecular formula is C19H17BrF2N4O2. The van der Waals surface area contributed by atoms with Crippen molar-refractivity contribution in [2.75, 3.05) is 12.4 Å². The Morgan fingerprint density at radius 2 is 1.93 bits per heavy atom. The van der Waals surface area contributed by atoms with Gasteiger partial charge < -0.3 is 14.6 Å². The van der Waals surface area contributed by atoms with E-state index in [4.69, 9.17) is 4.74 Å². The van der Waals surface area contributed by atoms with Gasteiger partial charge in [-0.3, -0.25) is 4.79 Å². The van der Waals surface area contributed by atoms with Crippen molar-refractivity contribution in [1.82, 2.24) is 14.5 Å². The van der Waals surface area contributed by atoms with Gasteiger partial charge in [-0.2, -0.15) is 0 Å². The first-order valence-corrected chi connectivity index (χ1v) is 9.13. The summed E-state index contributed by atoms with van der Waals surface area (Å²) < 4.78 is 34.1. The zero-order chi connectivity index (χ0) is 20.3. The van der Waals surface area contributed by atoms with Crippen LogP contribution in [0.2, 0.25) is 0 Å². The molecule has 28 heavy (non-hydrogen) atoms. The molecule has 1 aromatic carbocycles. The fourth-order valence-electron chi connectivity index (χ4n) is 2.56. The minimum atomic E-state index is -0.703. The molecular weight excluding hydrogens is 434 g/mol. The van der Waals surface area contributed by atoms with Gasteiger partial charge in [-0.25, -0.2) is 18.7 Å². The molecule has 0 radical (unpaired) electrons. The number of benzene rings is 1. The van der Waals surface area contributed by atoms with Gasteiger partial charge in [-0.1, -0.05) is 0 Å². The first-order valence-electron chi connectivity index (χ1n) is 8.34. The number of nitrogens with one attached hydrogen (secondary N) is 1. The molecule has 0 saturated carbocycles. The normalized spacial score (nSPS) is 10.8. The zero-order valence-electron chi connectivity index (χ0n) is 15.2. The highest BCUT2D eigenvalue weighted by Crippen LogP contribution is 2.24. The molecule has 0 spiro atoms. The summed E-state index contributed by atoms with van der Waals surface area (Å²) in [6.07, 6.45) is 3.28. The molecule has 2 aromatic heterocycles. The van der Waals surface area contributed by atoms with Crippen molar-refractivity contribution < 1.29 is 13.5 Å². The number of halogens is 3. The summed E-state index contributed by atoms with van der Waals surface area (Å²) in [5.41, 5.74) is 1.31. The van der Waals surface area contributed by atoms with Crippen LogP contribution >= 0.6 is 15.9 Å². The number of anilines is 1. The Kier molecular flexibility index (Phi) is 6.03. The molecule has 0 aliphatic carbocycles. The number of aryl methyl sites for hydroxylation is 1. The number of pyridine rings is 1. The summed E-state index contributed by atoms with van der Waals surface area (Å²) in [7, 11) is 1.72. The average molecular weight is 451 g/mol. The Balaban J connectivity index is 1.82. The summed E-state index contributed by atoms with van der Waals surface area (Å²) in [5.74, 6) is -0.589. The van der Waals surface area contributed by atoms with Crippen LogP contribution in [0.15, 0.2) is 45.9 Å². The number of ether oxygens (including phenoxy) is 1. The molecule has 3 aromatic rings. The molecule has 0 aliphatic rings. The lowest BCUT2D eigenvalue weighted by atomic mass is 10.2. The van der Waals surface area contributed by atoms with E-state index >= 15 is 0 Å². The molecule has 0 fully saturated rings. The molecule has 6 nitrogen and oxygen atoms in total. The average Bonchev–Trinajstić information content (AvgIpc) is 2.68. The van der Waals surface area contributed by atoms with Gasteiger partial charge in [-0.05, 0) is 35.0 Å². The topological polar surface area (TPSA) is 69.0 Å². The fourth-order valence-corrected chi connectivity index (χ4v) is 3.00. The Bertz CT molecular complexity index is 1060. The van der Waals surface area contributed by atoms with E-state index in [1.807, 2.05) is 0 Å². The van der Waals surface area contributed by atoms with E-state index in [1.54, 1.807) is 37.0 Å². The van der Waals surface area contributed by atoms with Crippen molar-refractivity contribution in [2.24, 2.45) is 0 Å². The van der Waals surface area contributed by atoms with E-state index in [9.17, 15) is 13.6 Å². The third kappa shape index (κ3) is 4.36. The maximum Gasteiger partial charge on any atom is 0.269 e. The van der Waals surface area contributed by atoms with Gasteiger partial charge in [-0.15, -0.1) is 0 Å². The fraction of sp³-hybridized carbons (Fsp3) is 0.211. The third-order valence-electron chi connectivity index (χ3n) is 4.08. The smallest absolute Gasteiger partial charge is 0.269 e. The first kappa shape index (κ1) is 19.9. The van der Waals surface area contributed by atoms with Gasteiger partial charge in [0.25, 0.3) is 5.56 Å². The lowest BCUT2D eigenvalue weighted by Gasteiger charge is -2.15. The van der Waals surface area contributed by atoms with Crippen molar-refractivity contribution in [3.05, 3.63) is 79.9 Å². The van der Waals surface area contributed by atoms with Crippen LogP contribution in [0, 0.1) is 18.6 Å². The van der Waals surface area contributed by atoms with Crippen molar-refractivity contribution in [3.63, 3.8) is 0 Å². The van der Waals surface area contributed by atoms with Gasteiger partial charge in [0.2, 0.25) is 5.95 Å². The summed E-state index contributed by atoms with van der Waals surface area (Å²) in [5, 5.41) is 2.83. The van der Waals surface area contributed by atoms with Gasteiger partial charge in [0.1, 0.15) is 28.5 Å². The molecule has 0 amide bonds. The highest BCUT2D eigenvalue weighted by molar-refractivity contribution is 9.10. The van der Waals surface area contributed by atoms with Gasteiger partial charge in [0.15, 0.2) is 0 Å². The minimum absolute atomic E-state index is 0.132. The van der Waals surface area contributed by atoms with Crippen LogP contribution in [0.1, 0.15) is 16.8 Å². The molecule has 2 heterocycles. The number of nitrogens with zero attached hydrogens (tertiary/aromatic N) is 3. The van der Waals surface area contributed by atoms with Crippen molar-refractivity contribution >= 4 is 21.9 Å². The number of hydrogen-bond acceptors (Lipinski definition) is 5. The van der Waals surface area contributed by atoms with E-state index in [0.29, 0.717) is 18.2 Å². The van der Waals surface area contributed by atoms with Gasteiger partial charge >= 0.3 is 0 Å². The van der Waals surface area contributed by atoms with Crippen molar-refractivity contribution in [1.29, 1.82) is 0 Å². The van der Waals surface area contributed by atoms with Crippen molar-refractivity contribution in [3.8, 4) is 5.75 Å². The molecule has 146 valence electrons. The van der Waals surface area contributed by atoms with Crippen molar-refractivity contribution in [2.45, 2.75) is 20.1 Å². The van der Waals surface area contributed by atoms with E-state index in [-0.39, 0.29) is 28.0 Å². The van der Waals surface area contributed by atoms with Gasteiger partial charge in [0, 0.05) is 48.4 Å². The Hall–Kier alpha value is -2.81. The Morgan fingerprint density at radius 1 is 1.21 bits per heavy atom. The second-order valence-electron chi connectivity index (χ2n) is 6.04. The zero-order valence-corrected chi connectivity index (χ0v) is 16.8. The van der Waals surface area contributed by atoms with E-state index < -0.39 is 11.6 Å². The second kappa shape index (κ2) is 8.47. The lowest BCUT2D eigenvalue weighted by Crippen LogP contribution is -2.24. The third-order valence-corrected chi connectivity index (χ3v) is 4.81. The number of hydrogen-bond donors (Lipinski definition) is 1. The Morgan fingerprint density at radius 3 is 2.57 bits per heavy atom. The molecule has 9 heteroatoms. The summed E-state index contributed by atoms with van der Waals surface area (Å²) in [6.45, 7) is 1.93. The van der Waals surface area contributed by atoms with E-state index in [1.165, 1.54) is 6.07 Å². The molecule has 0 saturated heterocycles. The molecule has 1 N–H and O–H groups in total. The molecule has 0 aliphatic heterocycles. The monoisotopic (exact) mass is 450 g/mol. The molecule has 0 bridgehead atoms. The molecule has 3 rings (SSSR count). The molecule has 0 unspecified atom stereocenters. The van der Waals surface area contributed by atoms with Gasteiger partial charge in [0.05, 0.1) is 6.54 Å². The molecule has 0 atom stereocenters. The first-order chi connectivity index (χ1) is 13.4. The SMILES string of the molecule is CNc1ncc(Cn2c(C)cc(OCc3ccc(F)cc3F)c(Br)c2=O)cn1. The maximum atomic E-state index is 13.8. The minimum Gasteiger partial charge on any atom is -0.487 e. The van der Waals surface area contributed by atoms with Crippen LogP contribution in [-0.2, 0) is 13.2 Å². The summed E-state index contributed by atoms with van der Waals surface area (Å²) in [4.78, 5) is 21.0. The Labute approximate surface area is 168 Å². The van der Waals surface area contributed by atoms with Crippen LogP contribution in [0.25, 0.3) is 0 Å². The van der Waals surface area contributed by atoms with E-state index in [2.05, 4.69) is 31.2 Å².